The third kappa shape index (κ3) is 4.45. The SMILES string of the molecule is O=C(c1ccc(CN2C(=O)NC3CCCCC3C2=O)cc1)N1CCN(c2ccccc2)CC1. The van der Waals surface area contributed by atoms with Gasteiger partial charge >= 0.3 is 6.03 Å². The maximum Gasteiger partial charge on any atom is 0.324 e. The van der Waals surface area contributed by atoms with Crippen molar-refractivity contribution < 1.29 is 14.4 Å². The molecule has 2 atom stereocenters. The molecule has 0 aromatic heterocycles. The molecule has 4 amide bonds. The van der Waals surface area contributed by atoms with Crippen LogP contribution in [0.3, 0.4) is 0 Å². The van der Waals surface area contributed by atoms with Crippen LogP contribution in [0.25, 0.3) is 0 Å². The van der Waals surface area contributed by atoms with Crippen LogP contribution in [0.15, 0.2) is 54.6 Å². The molecule has 0 spiro atoms. The molecule has 2 saturated heterocycles. The number of carbonyl (C=O) groups is 3. The summed E-state index contributed by atoms with van der Waals surface area (Å²) in [6.45, 7) is 3.21. The zero-order valence-electron chi connectivity index (χ0n) is 18.8. The summed E-state index contributed by atoms with van der Waals surface area (Å²) >= 11 is 0. The largest absolute Gasteiger partial charge is 0.368 e. The number of anilines is 1. The van der Waals surface area contributed by atoms with Gasteiger partial charge in [-0.25, -0.2) is 4.79 Å². The van der Waals surface area contributed by atoms with Gasteiger partial charge < -0.3 is 15.1 Å². The predicted octanol–water partition coefficient (Wildman–Crippen LogP) is 3.26. The van der Waals surface area contributed by atoms with Crippen molar-refractivity contribution in [3.63, 3.8) is 0 Å². The van der Waals surface area contributed by atoms with Crippen molar-refractivity contribution >= 4 is 23.5 Å². The van der Waals surface area contributed by atoms with Crippen LogP contribution in [0.1, 0.15) is 41.6 Å². The summed E-state index contributed by atoms with van der Waals surface area (Å²) in [5.41, 5.74) is 2.66. The van der Waals surface area contributed by atoms with Crippen molar-refractivity contribution in [3.8, 4) is 0 Å². The molecule has 2 aromatic carbocycles. The van der Waals surface area contributed by atoms with Gasteiger partial charge in [0.2, 0.25) is 5.91 Å². The number of rotatable bonds is 4. The number of piperazine rings is 1. The highest BCUT2D eigenvalue weighted by Gasteiger charge is 2.41. The lowest BCUT2D eigenvalue weighted by molar-refractivity contribution is -0.137. The summed E-state index contributed by atoms with van der Waals surface area (Å²) < 4.78 is 0. The van der Waals surface area contributed by atoms with Gasteiger partial charge in [0, 0.05) is 43.5 Å². The van der Waals surface area contributed by atoms with Crippen LogP contribution in [0, 0.1) is 5.92 Å². The predicted molar refractivity (Wildman–Crippen MR) is 126 cm³/mol. The number of nitrogens with zero attached hydrogens (tertiary/aromatic N) is 3. The molecule has 2 heterocycles. The smallest absolute Gasteiger partial charge is 0.324 e. The van der Waals surface area contributed by atoms with Gasteiger partial charge in [0.05, 0.1) is 12.5 Å². The van der Waals surface area contributed by atoms with Crippen molar-refractivity contribution in [3.05, 3.63) is 65.7 Å². The normalized spacial score (nSPS) is 23.2. The van der Waals surface area contributed by atoms with Gasteiger partial charge in [-0.2, -0.15) is 0 Å². The summed E-state index contributed by atoms with van der Waals surface area (Å²) in [5, 5.41) is 3.01. The maximum absolute atomic E-state index is 13.0. The molecular formula is C26H30N4O3. The number of hydrogen-bond acceptors (Lipinski definition) is 4. The Labute approximate surface area is 194 Å². The molecule has 7 heteroatoms. The molecule has 3 fully saturated rings. The minimum Gasteiger partial charge on any atom is -0.368 e. The van der Waals surface area contributed by atoms with Crippen molar-refractivity contribution in [2.75, 3.05) is 31.1 Å². The molecule has 7 nitrogen and oxygen atoms in total. The third-order valence-corrected chi connectivity index (χ3v) is 7.13. The molecule has 2 aliphatic heterocycles. The van der Waals surface area contributed by atoms with E-state index >= 15 is 0 Å². The Morgan fingerprint density at radius 3 is 2.30 bits per heavy atom. The molecule has 33 heavy (non-hydrogen) atoms. The summed E-state index contributed by atoms with van der Waals surface area (Å²) in [5.74, 6) is -0.155. The minimum atomic E-state index is -0.306. The summed E-state index contributed by atoms with van der Waals surface area (Å²) in [6.07, 6.45) is 3.82. The van der Waals surface area contributed by atoms with Crippen LogP contribution in [0.2, 0.25) is 0 Å². The van der Waals surface area contributed by atoms with Gasteiger partial charge in [0.1, 0.15) is 0 Å². The van der Waals surface area contributed by atoms with Crippen LogP contribution in [-0.2, 0) is 11.3 Å². The van der Waals surface area contributed by atoms with Crippen molar-refractivity contribution in [1.82, 2.24) is 15.1 Å². The molecule has 5 rings (SSSR count). The first-order chi connectivity index (χ1) is 16.1. The highest BCUT2D eigenvalue weighted by molar-refractivity contribution is 5.98. The van der Waals surface area contributed by atoms with Gasteiger partial charge in [-0.05, 0) is 42.7 Å². The molecule has 1 aliphatic carbocycles. The van der Waals surface area contributed by atoms with Gasteiger partial charge in [0.25, 0.3) is 5.91 Å². The number of amides is 4. The molecule has 1 saturated carbocycles. The molecular weight excluding hydrogens is 416 g/mol. The van der Waals surface area contributed by atoms with E-state index in [1.165, 1.54) is 10.6 Å². The van der Waals surface area contributed by atoms with E-state index in [0.717, 1.165) is 44.3 Å². The lowest BCUT2D eigenvalue weighted by atomic mass is 9.82. The summed E-state index contributed by atoms with van der Waals surface area (Å²) in [6, 6.07) is 17.2. The lowest BCUT2D eigenvalue weighted by Gasteiger charge is -2.40. The molecule has 172 valence electrons. The average Bonchev–Trinajstić information content (AvgIpc) is 2.87. The number of para-hydroxylation sites is 1. The quantitative estimate of drug-likeness (QED) is 0.783. The van der Waals surface area contributed by atoms with Gasteiger partial charge in [-0.15, -0.1) is 0 Å². The van der Waals surface area contributed by atoms with Crippen molar-refractivity contribution in [2.24, 2.45) is 5.92 Å². The molecule has 3 aliphatic rings. The van der Waals surface area contributed by atoms with E-state index in [4.69, 9.17) is 0 Å². The molecule has 0 bridgehead atoms. The topological polar surface area (TPSA) is 73.0 Å². The van der Waals surface area contributed by atoms with E-state index in [1.807, 2.05) is 35.2 Å². The molecule has 1 N–H and O–H groups in total. The third-order valence-electron chi connectivity index (χ3n) is 7.13. The molecule has 0 radical (unpaired) electrons. The van der Waals surface area contributed by atoms with Crippen LogP contribution in [-0.4, -0.2) is 59.9 Å². The van der Waals surface area contributed by atoms with Gasteiger partial charge in [-0.1, -0.05) is 43.2 Å². The number of fused-ring (bicyclic) bond motifs is 1. The summed E-state index contributed by atoms with van der Waals surface area (Å²) in [4.78, 5) is 43.9. The van der Waals surface area contributed by atoms with E-state index in [0.29, 0.717) is 18.7 Å². The Hall–Kier alpha value is -3.35. The standard InChI is InChI=1S/C26H30N4O3/c31-24(29-16-14-28(15-17-29)21-6-2-1-3-7-21)20-12-10-19(11-13-20)18-30-25(32)22-8-4-5-9-23(22)27-26(30)33/h1-3,6-7,10-13,22-23H,4-5,8-9,14-18H2,(H,27,33). The average molecular weight is 447 g/mol. The Morgan fingerprint density at radius 1 is 0.879 bits per heavy atom. The number of urea groups is 1. The first-order valence-corrected chi connectivity index (χ1v) is 11.9. The van der Waals surface area contributed by atoms with E-state index in [1.54, 1.807) is 12.1 Å². The molecule has 2 unspecified atom stereocenters. The first kappa shape index (κ1) is 21.5. The number of carbonyl (C=O) groups excluding carboxylic acids is 3. The van der Waals surface area contributed by atoms with Crippen LogP contribution in [0.5, 0.6) is 0 Å². The highest BCUT2D eigenvalue weighted by atomic mass is 16.2. The Balaban J connectivity index is 1.19. The minimum absolute atomic E-state index is 0.0163. The second-order valence-electron chi connectivity index (χ2n) is 9.18. The van der Waals surface area contributed by atoms with Crippen LogP contribution < -0.4 is 10.2 Å². The van der Waals surface area contributed by atoms with E-state index in [2.05, 4.69) is 22.3 Å². The zero-order chi connectivity index (χ0) is 22.8. The number of hydrogen-bond donors (Lipinski definition) is 1. The maximum atomic E-state index is 13.0. The number of benzene rings is 2. The fourth-order valence-corrected chi connectivity index (χ4v) is 5.21. The Bertz CT molecular complexity index is 1020. The van der Waals surface area contributed by atoms with Gasteiger partial charge in [-0.3, -0.25) is 14.5 Å². The van der Waals surface area contributed by atoms with Crippen LogP contribution in [0.4, 0.5) is 10.5 Å². The number of imide groups is 1. The highest BCUT2D eigenvalue weighted by Crippen LogP contribution is 2.30. The Kier molecular flexibility index (Phi) is 6.03. The second-order valence-corrected chi connectivity index (χ2v) is 9.18. The second kappa shape index (κ2) is 9.25. The van der Waals surface area contributed by atoms with Crippen molar-refractivity contribution in [1.29, 1.82) is 0 Å². The van der Waals surface area contributed by atoms with E-state index in [9.17, 15) is 14.4 Å². The fraction of sp³-hybridized carbons (Fsp3) is 0.423. The molecule has 2 aromatic rings. The van der Waals surface area contributed by atoms with E-state index in [-0.39, 0.29) is 36.3 Å². The number of nitrogens with one attached hydrogen (secondary N) is 1. The van der Waals surface area contributed by atoms with Crippen LogP contribution >= 0.6 is 0 Å². The van der Waals surface area contributed by atoms with Gasteiger partial charge in [0.15, 0.2) is 0 Å². The monoisotopic (exact) mass is 446 g/mol. The first-order valence-electron chi connectivity index (χ1n) is 11.9. The zero-order valence-corrected chi connectivity index (χ0v) is 18.8. The van der Waals surface area contributed by atoms with E-state index < -0.39 is 0 Å². The Morgan fingerprint density at radius 2 is 1.58 bits per heavy atom. The fourth-order valence-electron chi connectivity index (χ4n) is 5.21. The summed E-state index contributed by atoms with van der Waals surface area (Å²) in [7, 11) is 0. The van der Waals surface area contributed by atoms with Crippen molar-refractivity contribution in [2.45, 2.75) is 38.3 Å². The lowest BCUT2D eigenvalue weighted by Crippen LogP contribution is -2.60.